The molecule has 1 atom stereocenters. The summed E-state index contributed by atoms with van der Waals surface area (Å²) in [5, 5.41) is 6.76. The molecule has 1 amide bonds. The molecule has 25 heavy (non-hydrogen) atoms. The van der Waals surface area contributed by atoms with Crippen LogP contribution in [0.3, 0.4) is 0 Å². The van der Waals surface area contributed by atoms with E-state index in [1.54, 1.807) is 0 Å². The summed E-state index contributed by atoms with van der Waals surface area (Å²) in [6, 6.07) is 17.3. The van der Waals surface area contributed by atoms with E-state index < -0.39 is 0 Å². The van der Waals surface area contributed by atoms with E-state index in [-0.39, 0.29) is 17.8 Å². The summed E-state index contributed by atoms with van der Waals surface area (Å²) >= 11 is 0. The molecule has 0 spiro atoms. The molecule has 1 aromatic heterocycles. The van der Waals surface area contributed by atoms with Crippen molar-refractivity contribution in [1.29, 1.82) is 0 Å². The Hall–Kier alpha value is -3.15. The number of hydrogen-bond donors (Lipinski definition) is 1. The van der Waals surface area contributed by atoms with E-state index in [1.165, 1.54) is 0 Å². The second-order valence-corrected chi connectivity index (χ2v) is 5.97. The van der Waals surface area contributed by atoms with Crippen LogP contribution < -0.4 is 10.2 Å². The number of hydrogen-bond acceptors (Lipinski definition) is 5. The molecule has 0 fully saturated rings. The van der Waals surface area contributed by atoms with Gasteiger partial charge in [-0.3, -0.25) is 4.79 Å². The van der Waals surface area contributed by atoms with Gasteiger partial charge >= 0.3 is 11.8 Å². The number of amides is 1. The molecule has 6 nitrogen and oxygen atoms in total. The van der Waals surface area contributed by atoms with Crippen LogP contribution in [0.25, 0.3) is 11.4 Å². The topological polar surface area (TPSA) is 71.3 Å². The van der Waals surface area contributed by atoms with Crippen LogP contribution in [0, 0.1) is 0 Å². The largest absolute Gasteiger partial charge is 0.378 e. The maximum atomic E-state index is 12.3. The molecule has 0 aliphatic heterocycles. The highest BCUT2D eigenvalue weighted by molar-refractivity contribution is 5.90. The van der Waals surface area contributed by atoms with E-state index >= 15 is 0 Å². The smallest absolute Gasteiger partial charge is 0.316 e. The highest BCUT2D eigenvalue weighted by Gasteiger charge is 2.18. The molecule has 3 aromatic rings. The van der Waals surface area contributed by atoms with Gasteiger partial charge in [0.15, 0.2) is 0 Å². The van der Waals surface area contributed by atoms with Gasteiger partial charge in [-0.05, 0) is 36.8 Å². The van der Waals surface area contributed by atoms with Gasteiger partial charge in [0.05, 0.1) is 6.04 Å². The minimum atomic E-state index is -0.389. The van der Waals surface area contributed by atoms with Crippen LogP contribution in [0.5, 0.6) is 0 Å². The first kappa shape index (κ1) is 16.7. The van der Waals surface area contributed by atoms with E-state index in [0.717, 1.165) is 16.8 Å². The SMILES string of the molecule is C[C@@H](NC(=O)c1nc(-c2ccc(N(C)C)cc2)no1)c1ccccc1. The molecular weight excluding hydrogens is 316 g/mol. The Morgan fingerprint density at radius 1 is 1.08 bits per heavy atom. The van der Waals surface area contributed by atoms with Crippen molar-refractivity contribution in [2.75, 3.05) is 19.0 Å². The van der Waals surface area contributed by atoms with Crippen molar-refractivity contribution in [3.05, 3.63) is 66.1 Å². The number of benzene rings is 2. The third-order valence-corrected chi connectivity index (χ3v) is 3.91. The predicted octanol–water partition coefficient (Wildman–Crippen LogP) is 3.29. The van der Waals surface area contributed by atoms with Gasteiger partial charge in [0.25, 0.3) is 0 Å². The number of nitrogens with zero attached hydrogens (tertiary/aromatic N) is 3. The zero-order valence-electron chi connectivity index (χ0n) is 14.4. The zero-order chi connectivity index (χ0) is 17.8. The summed E-state index contributed by atoms with van der Waals surface area (Å²) in [5.74, 6) is -0.0442. The third kappa shape index (κ3) is 3.85. The van der Waals surface area contributed by atoms with Crippen LogP contribution >= 0.6 is 0 Å². The lowest BCUT2D eigenvalue weighted by atomic mass is 10.1. The first-order valence-corrected chi connectivity index (χ1v) is 8.02. The van der Waals surface area contributed by atoms with Gasteiger partial charge in [-0.15, -0.1) is 0 Å². The van der Waals surface area contributed by atoms with Gasteiger partial charge < -0.3 is 14.7 Å². The molecule has 0 bridgehead atoms. The van der Waals surface area contributed by atoms with Gasteiger partial charge in [0.1, 0.15) is 0 Å². The predicted molar refractivity (Wildman–Crippen MR) is 96.4 cm³/mol. The average Bonchev–Trinajstić information content (AvgIpc) is 3.13. The summed E-state index contributed by atoms with van der Waals surface area (Å²) < 4.78 is 5.11. The number of anilines is 1. The van der Waals surface area contributed by atoms with Crippen molar-refractivity contribution in [2.24, 2.45) is 0 Å². The van der Waals surface area contributed by atoms with E-state index in [9.17, 15) is 4.79 Å². The molecule has 6 heteroatoms. The Balaban J connectivity index is 1.71. The van der Waals surface area contributed by atoms with Gasteiger partial charge in [0.2, 0.25) is 5.82 Å². The minimum absolute atomic E-state index is 0.0468. The van der Waals surface area contributed by atoms with E-state index in [2.05, 4.69) is 15.5 Å². The third-order valence-electron chi connectivity index (χ3n) is 3.91. The number of rotatable bonds is 5. The van der Waals surface area contributed by atoms with Crippen molar-refractivity contribution in [1.82, 2.24) is 15.5 Å². The fourth-order valence-corrected chi connectivity index (χ4v) is 2.43. The van der Waals surface area contributed by atoms with E-state index in [1.807, 2.05) is 80.5 Å². The fourth-order valence-electron chi connectivity index (χ4n) is 2.43. The summed E-state index contributed by atoms with van der Waals surface area (Å²) in [5.41, 5.74) is 2.88. The molecule has 128 valence electrons. The van der Waals surface area contributed by atoms with Crippen LogP contribution in [0.15, 0.2) is 59.1 Å². The number of carbonyl (C=O) groups is 1. The molecule has 0 aliphatic carbocycles. The van der Waals surface area contributed by atoms with Crippen molar-refractivity contribution in [3.63, 3.8) is 0 Å². The van der Waals surface area contributed by atoms with Crippen molar-refractivity contribution in [2.45, 2.75) is 13.0 Å². The van der Waals surface area contributed by atoms with Crippen molar-refractivity contribution >= 4 is 11.6 Å². The Morgan fingerprint density at radius 3 is 2.40 bits per heavy atom. The monoisotopic (exact) mass is 336 g/mol. The highest BCUT2D eigenvalue weighted by atomic mass is 16.5. The summed E-state index contributed by atoms with van der Waals surface area (Å²) in [6.45, 7) is 1.91. The zero-order valence-corrected chi connectivity index (χ0v) is 14.4. The van der Waals surface area contributed by atoms with Gasteiger partial charge in [0, 0.05) is 25.3 Å². The number of carbonyl (C=O) groups excluding carboxylic acids is 1. The second kappa shape index (κ2) is 7.17. The van der Waals surface area contributed by atoms with Gasteiger partial charge in [-0.25, -0.2) is 0 Å². The maximum absolute atomic E-state index is 12.3. The minimum Gasteiger partial charge on any atom is -0.378 e. The highest BCUT2D eigenvalue weighted by Crippen LogP contribution is 2.20. The molecule has 3 rings (SSSR count). The standard InChI is InChI=1S/C19H20N4O2/c1-13(14-7-5-4-6-8-14)20-18(24)19-21-17(22-25-19)15-9-11-16(12-10-15)23(2)3/h4-13H,1-3H3,(H,20,24)/t13-/m1/s1. The Kier molecular flexibility index (Phi) is 4.79. The van der Waals surface area contributed by atoms with Crippen molar-refractivity contribution < 1.29 is 9.32 Å². The van der Waals surface area contributed by atoms with Gasteiger partial charge in [-0.2, -0.15) is 4.98 Å². The average molecular weight is 336 g/mol. The van der Waals surface area contributed by atoms with Crippen LogP contribution in [-0.2, 0) is 0 Å². The molecule has 0 radical (unpaired) electrons. The van der Waals surface area contributed by atoms with Gasteiger partial charge in [-0.1, -0.05) is 35.5 Å². The Labute approximate surface area is 146 Å². The lowest BCUT2D eigenvalue weighted by Gasteiger charge is -2.12. The first-order chi connectivity index (χ1) is 12.0. The molecule has 0 saturated heterocycles. The number of aromatic nitrogens is 2. The van der Waals surface area contributed by atoms with Crippen LogP contribution in [-0.4, -0.2) is 30.1 Å². The molecule has 1 N–H and O–H groups in total. The lowest BCUT2D eigenvalue weighted by molar-refractivity contribution is 0.0895. The summed E-state index contributed by atoms with van der Waals surface area (Å²) in [6.07, 6.45) is 0. The fraction of sp³-hybridized carbons (Fsp3) is 0.211. The van der Waals surface area contributed by atoms with Crippen LogP contribution in [0.4, 0.5) is 5.69 Å². The summed E-state index contributed by atoms with van der Waals surface area (Å²) in [7, 11) is 3.94. The molecular formula is C19H20N4O2. The maximum Gasteiger partial charge on any atom is 0.316 e. The molecule has 2 aromatic carbocycles. The normalized spacial score (nSPS) is 11.8. The molecule has 1 heterocycles. The quantitative estimate of drug-likeness (QED) is 0.774. The lowest BCUT2D eigenvalue weighted by Crippen LogP contribution is -2.26. The first-order valence-electron chi connectivity index (χ1n) is 8.02. The summed E-state index contributed by atoms with van der Waals surface area (Å²) in [4.78, 5) is 18.5. The van der Waals surface area contributed by atoms with Crippen LogP contribution in [0.2, 0.25) is 0 Å². The van der Waals surface area contributed by atoms with Crippen molar-refractivity contribution in [3.8, 4) is 11.4 Å². The van der Waals surface area contributed by atoms with Crippen LogP contribution in [0.1, 0.15) is 29.2 Å². The molecule has 0 saturated carbocycles. The molecule has 0 unspecified atom stereocenters. The van der Waals surface area contributed by atoms with E-state index in [4.69, 9.17) is 4.52 Å². The number of nitrogens with one attached hydrogen (secondary N) is 1. The molecule has 0 aliphatic rings. The Morgan fingerprint density at radius 2 is 1.76 bits per heavy atom. The Bertz CT molecular complexity index is 841. The second-order valence-electron chi connectivity index (χ2n) is 5.97. The van der Waals surface area contributed by atoms with E-state index in [0.29, 0.717) is 5.82 Å².